The van der Waals surface area contributed by atoms with Crippen LogP contribution in [0.2, 0.25) is 0 Å². The van der Waals surface area contributed by atoms with Gasteiger partial charge in [-0.2, -0.15) is 4.98 Å². The first-order chi connectivity index (χ1) is 9.04. The normalized spacial score (nSPS) is 11.3. The zero-order valence-corrected chi connectivity index (χ0v) is 11.4. The van der Waals surface area contributed by atoms with Gasteiger partial charge in [0, 0.05) is 9.75 Å². The maximum Gasteiger partial charge on any atom is 0.280 e. The summed E-state index contributed by atoms with van der Waals surface area (Å²) in [6.45, 7) is 4.80. The Morgan fingerprint density at radius 3 is 2.95 bits per heavy atom. The Labute approximate surface area is 112 Å². The van der Waals surface area contributed by atoms with E-state index in [1.807, 2.05) is 4.57 Å². The Kier molecular flexibility index (Phi) is 2.63. The van der Waals surface area contributed by atoms with Crippen LogP contribution in [0.4, 0.5) is 5.95 Å². The molecule has 3 rings (SSSR count). The Morgan fingerprint density at radius 2 is 2.26 bits per heavy atom. The van der Waals surface area contributed by atoms with E-state index in [9.17, 15) is 4.79 Å². The van der Waals surface area contributed by atoms with Gasteiger partial charge in [-0.25, -0.2) is 4.98 Å². The van der Waals surface area contributed by atoms with Gasteiger partial charge in [-0.05, 0) is 25.5 Å². The Morgan fingerprint density at radius 1 is 1.47 bits per heavy atom. The molecule has 0 radical (unpaired) electrons. The number of aromatic nitrogens is 4. The Bertz CT molecular complexity index is 813. The number of nitrogens with one attached hydrogen (secondary N) is 1. The highest BCUT2D eigenvalue weighted by molar-refractivity contribution is 7.12. The van der Waals surface area contributed by atoms with Crippen molar-refractivity contribution in [1.29, 1.82) is 0 Å². The number of rotatable bonds is 2. The van der Waals surface area contributed by atoms with Crippen molar-refractivity contribution in [2.24, 2.45) is 0 Å². The fourth-order valence-corrected chi connectivity index (χ4v) is 3.05. The molecule has 0 aromatic carbocycles. The molecule has 0 bridgehead atoms. The number of nitrogens with zero attached hydrogens (tertiary/aromatic N) is 3. The van der Waals surface area contributed by atoms with Crippen molar-refractivity contribution in [3.63, 3.8) is 0 Å². The first-order valence-electron chi connectivity index (χ1n) is 5.81. The molecule has 3 aromatic rings. The van der Waals surface area contributed by atoms with E-state index in [1.165, 1.54) is 15.3 Å². The molecule has 0 aliphatic carbocycles. The summed E-state index contributed by atoms with van der Waals surface area (Å²) in [6.07, 6.45) is 1.62. The van der Waals surface area contributed by atoms with E-state index in [0.717, 1.165) is 0 Å². The smallest absolute Gasteiger partial charge is 0.280 e. The van der Waals surface area contributed by atoms with Crippen molar-refractivity contribution in [1.82, 2.24) is 19.5 Å². The number of thiophene rings is 1. The van der Waals surface area contributed by atoms with Gasteiger partial charge in [0.25, 0.3) is 5.56 Å². The van der Waals surface area contributed by atoms with E-state index >= 15 is 0 Å². The molecule has 3 N–H and O–H groups in total. The zero-order chi connectivity index (χ0) is 13.6. The van der Waals surface area contributed by atoms with Gasteiger partial charge in [0.05, 0.1) is 12.9 Å². The Hall–Kier alpha value is -2.15. The van der Waals surface area contributed by atoms with Crippen molar-refractivity contribution < 1.29 is 0 Å². The molecule has 0 spiro atoms. The fraction of sp³-hybridized carbons (Fsp3) is 0.250. The molecule has 98 valence electrons. The van der Waals surface area contributed by atoms with Crippen molar-refractivity contribution >= 4 is 28.4 Å². The first-order valence-corrected chi connectivity index (χ1v) is 6.63. The minimum absolute atomic E-state index is 0.109. The van der Waals surface area contributed by atoms with Gasteiger partial charge in [0.15, 0.2) is 11.2 Å². The second-order valence-electron chi connectivity index (χ2n) is 4.43. The lowest BCUT2D eigenvalue weighted by Gasteiger charge is -2.03. The second kappa shape index (κ2) is 4.20. The van der Waals surface area contributed by atoms with Gasteiger partial charge < -0.3 is 10.3 Å². The van der Waals surface area contributed by atoms with E-state index in [0.29, 0.717) is 17.7 Å². The lowest BCUT2D eigenvalue weighted by atomic mass is 10.2. The zero-order valence-electron chi connectivity index (χ0n) is 10.6. The van der Waals surface area contributed by atoms with Crippen LogP contribution in [0, 0.1) is 13.8 Å². The predicted molar refractivity (Wildman–Crippen MR) is 75.5 cm³/mol. The van der Waals surface area contributed by atoms with Crippen LogP contribution in [0.3, 0.4) is 0 Å². The summed E-state index contributed by atoms with van der Waals surface area (Å²) in [5, 5.41) is 0. The third-order valence-corrected chi connectivity index (χ3v) is 3.99. The van der Waals surface area contributed by atoms with Crippen molar-refractivity contribution in [2.75, 3.05) is 5.73 Å². The highest BCUT2D eigenvalue weighted by Gasteiger charge is 2.11. The van der Waals surface area contributed by atoms with Gasteiger partial charge in [-0.15, -0.1) is 11.3 Å². The fourth-order valence-electron chi connectivity index (χ4n) is 2.11. The molecule has 0 amide bonds. The quantitative estimate of drug-likeness (QED) is 0.740. The standard InChI is InChI=1S/C12H13N5OS/c1-6-3-8(7(2)19-6)4-17-5-14-9-10(17)15-12(13)16-11(9)18/h3,5H,4H2,1-2H3,(H3,13,15,16,18). The second-order valence-corrected chi connectivity index (χ2v) is 5.89. The molecule has 0 atom stereocenters. The van der Waals surface area contributed by atoms with Gasteiger partial charge >= 0.3 is 0 Å². The van der Waals surface area contributed by atoms with Crippen molar-refractivity contribution in [3.05, 3.63) is 38.1 Å². The maximum absolute atomic E-state index is 11.7. The molecule has 19 heavy (non-hydrogen) atoms. The summed E-state index contributed by atoms with van der Waals surface area (Å²) in [6, 6.07) is 2.14. The third-order valence-electron chi connectivity index (χ3n) is 2.98. The van der Waals surface area contributed by atoms with E-state index in [1.54, 1.807) is 17.7 Å². The number of aromatic amines is 1. The van der Waals surface area contributed by atoms with Crippen LogP contribution in [0.1, 0.15) is 15.3 Å². The number of hydrogen-bond donors (Lipinski definition) is 2. The average molecular weight is 275 g/mol. The molecule has 3 heterocycles. The number of H-pyrrole nitrogens is 1. The summed E-state index contributed by atoms with van der Waals surface area (Å²) >= 11 is 1.76. The van der Waals surface area contributed by atoms with Crippen LogP contribution in [0.5, 0.6) is 0 Å². The number of anilines is 1. The molecule has 7 heteroatoms. The maximum atomic E-state index is 11.7. The van der Waals surface area contributed by atoms with Crippen LogP contribution in [-0.2, 0) is 6.54 Å². The monoisotopic (exact) mass is 275 g/mol. The minimum atomic E-state index is -0.306. The summed E-state index contributed by atoms with van der Waals surface area (Å²) in [7, 11) is 0. The highest BCUT2D eigenvalue weighted by Crippen LogP contribution is 2.22. The lowest BCUT2D eigenvalue weighted by molar-refractivity contribution is 0.812. The van der Waals surface area contributed by atoms with E-state index in [2.05, 4.69) is 34.9 Å². The highest BCUT2D eigenvalue weighted by atomic mass is 32.1. The molecule has 0 aliphatic rings. The van der Waals surface area contributed by atoms with Gasteiger partial charge in [-0.1, -0.05) is 0 Å². The van der Waals surface area contributed by atoms with Crippen LogP contribution in [0.25, 0.3) is 11.2 Å². The van der Waals surface area contributed by atoms with Gasteiger partial charge in [0.1, 0.15) is 0 Å². The first kappa shape index (κ1) is 11.9. The summed E-state index contributed by atoms with van der Waals surface area (Å²) < 4.78 is 1.84. The molecule has 0 saturated carbocycles. The summed E-state index contributed by atoms with van der Waals surface area (Å²) in [5.74, 6) is 0.109. The molecule has 6 nitrogen and oxygen atoms in total. The number of hydrogen-bond acceptors (Lipinski definition) is 5. The average Bonchev–Trinajstić information content (AvgIpc) is 2.84. The SMILES string of the molecule is Cc1cc(Cn2cnc3c(=O)[nH]c(N)nc32)c(C)s1. The van der Waals surface area contributed by atoms with Crippen LogP contribution < -0.4 is 11.3 Å². The number of imidazole rings is 1. The van der Waals surface area contributed by atoms with Crippen LogP contribution >= 0.6 is 11.3 Å². The molecule has 0 fully saturated rings. The van der Waals surface area contributed by atoms with Gasteiger partial charge in [0.2, 0.25) is 5.95 Å². The molecule has 0 saturated heterocycles. The molecular weight excluding hydrogens is 262 g/mol. The number of aryl methyl sites for hydroxylation is 2. The summed E-state index contributed by atoms with van der Waals surface area (Å²) in [4.78, 5) is 24.9. The van der Waals surface area contributed by atoms with Crippen LogP contribution in [-0.4, -0.2) is 19.5 Å². The molecular formula is C12H13N5OS. The number of nitrogen functional groups attached to an aromatic ring is 1. The third kappa shape index (κ3) is 2.01. The van der Waals surface area contributed by atoms with E-state index in [-0.39, 0.29) is 11.5 Å². The van der Waals surface area contributed by atoms with E-state index < -0.39 is 0 Å². The van der Waals surface area contributed by atoms with Crippen molar-refractivity contribution in [3.8, 4) is 0 Å². The topological polar surface area (TPSA) is 89.6 Å². The molecule has 0 unspecified atom stereocenters. The summed E-state index contributed by atoms with van der Waals surface area (Å²) in [5.41, 5.74) is 7.32. The predicted octanol–water partition coefficient (Wildman–Crippen LogP) is 1.43. The number of fused-ring (bicyclic) bond motifs is 1. The number of nitrogens with two attached hydrogens (primary N) is 1. The molecule has 3 aromatic heterocycles. The van der Waals surface area contributed by atoms with Crippen LogP contribution in [0.15, 0.2) is 17.2 Å². The Balaban J connectivity index is 2.11. The van der Waals surface area contributed by atoms with Gasteiger partial charge in [-0.3, -0.25) is 9.78 Å². The largest absolute Gasteiger partial charge is 0.369 e. The minimum Gasteiger partial charge on any atom is -0.369 e. The van der Waals surface area contributed by atoms with Crippen molar-refractivity contribution in [2.45, 2.75) is 20.4 Å². The molecule has 0 aliphatic heterocycles. The van der Waals surface area contributed by atoms with E-state index in [4.69, 9.17) is 5.73 Å². The lowest BCUT2D eigenvalue weighted by Crippen LogP contribution is -2.12.